The highest BCUT2D eigenvalue weighted by molar-refractivity contribution is 5.77. The van der Waals surface area contributed by atoms with Crippen LogP contribution in [0.25, 0.3) is 0 Å². The number of hydrogen-bond acceptors (Lipinski definition) is 3. The monoisotopic (exact) mass is 339 g/mol. The molecular weight excluding hydrogens is 314 g/mol. The fraction of sp³-hybridized carbons (Fsp3) is 0.381. The molecular formula is C21H25NO3. The number of nitrogens with zero attached hydrogens (tertiary/aromatic N) is 1. The van der Waals surface area contributed by atoms with Crippen LogP contribution >= 0.6 is 0 Å². The predicted octanol–water partition coefficient (Wildman–Crippen LogP) is 3.08. The zero-order chi connectivity index (χ0) is 17.5. The first-order valence-electron chi connectivity index (χ1n) is 8.77. The van der Waals surface area contributed by atoms with Crippen molar-refractivity contribution in [2.75, 3.05) is 33.4 Å². The van der Waals surface area contributed by atoms with Crippen molar-refractivity contribution >= 4 is 5.91 Å². The van der Waals surface area contributed by atoms with E-state index in [9.17, 15) is 4.79 Å². The molecule has 0 spiro atoms. The first-order valence-corrected chi connectivity index (χ1v) is 8.77. The van der Waals surface area contributed by atoms with Crippen LogP contribution in [0.15, 0.2) is 60.7 Å². The maximum absolute atomic E-state index is 12.8. The summed E-state index contributed by atoms with van der Waals surface area (Å²) in [5, 5.41) is 0. The van der Waals surface area contributed by atoms with E-state index >= 15 is 0 Å². The zero-order valence-electron chi connectivity index (χ0n) is 14.6. The summed E-state index contributed by atoms with van der Waals surface area (Å²) in [6.45, 7) is 2.36. The number of hydrogen-bond donors (Lipinski definition) is 0. The van der Waals surface area contributed by atoms with Crippen LogP contribution in [-0.2, 0) is 14.3 Å². The number of rotatable bonds is 6. The van der Waals surface area contributed by atoms with Gasteiger partial charge in [-0.15, -0.1) is 0 Å². The van der Waals surface area contributed by atoms with Crippen molar-refractivity contribution in [2.24, 2.45) is 0 Å². The van der Waals surface area contributed by atoms with Gasteiger partial charge in [0.15, 0.2) is 0 Å². The Hall–Kier alpha value is -2.17. The molecule has 0 saturated carbocycles. The highest BCUT2D eigenvalue weighted by Gasteiger charge is 2.23. The minimum Gasteiger partial charge on any atom is -0.376 e. The summed E-state index contributed by atoms with van der Waals surface area (Å²) in [6, 6.07) is 20.4. The third-order valence-corrected chi connectivity index (χ3v) is 4.57. The van der Waals surface area contributed by atoms with Crippen molar-refractivity contribution in [1.29, 1.82) is 0 Å². The molecule has 0 radical (unpaired) electrons. The topological polar surface area (TPSA) is 38.8 Å². The van der Waals surface area contributed by atoms with Crippen LogP contribution in [0.2, 0.25) is 0 Å². The molecule has 3 rings (SSSR count). The van der Waals surface area contributed by atoms with E-state index in [-0.39, 0.29) is 17.9 Å². The molecule has 25 heavy (non-hydrogen) atoms. The van der Waals surface area contributed by atoms with E-state index < -0.39 is 0 Å². The van der Waals surface area contributed by atoms with Gasteiger partial charge in [0.2, 0.25) is 5.91 Å². The lowest BCUT2D eigenvalue weighted by Crippen LogP contribution is -2.41. The van der Waals surface area contributed by atoms with Gasteiger partial charge in [-0.3, -0.25) is 4.79 Å². The fourth-order valence-electron chi connectivity index (χ4n) is 3.18. The predicted molar refractivity (Wildman–Crippen MR) is 97.5 cm³/mol. The molecule has 2 aromatic carbocycles. The number of amides is 1. The van der Waals surface area contributed by atoms with Gasteiger partial charge in [0.25, 0.3) is 0 Å². The lowest BCUT2D eigenvalue weighted by Gasteiger charge is -2.28. The summed E-state index contributed by atoms with van der Waals surface area (Å²) in [7, 11) is 1.84. The molecule has 0 aliphatic carbocycles. The van der Waals surface area contributed by atoms with Gasteiger partial charge < -0.3 is 14.4 Å². The molecule has 1 amide bonds. The molecule has 1 aliphatic rings. The molecule has 0 N–H and O–H groups in total. The third kappa shape index (κ3) is 4.91. The second-order valence-electron chi connectivity index (χ2n) is 6.42. The molecule has 1 fully saturated rings. The van der Waals surface area contributed by atoms with E-state index in [2.05, 4.69) is 24.3 Å². The van der Waals surface area contributed by atoms with Crippen molar-refractivity contribution in [2.45, 2.75) is 18.4 Å². The van der Waals surface area contributed by atoms with Gasteiger partial charge in [-0.05, 0) is 11.1 Å². The molecule has 1 atom stereocenters. The average molecular weight is 339 g/mol. The Morgan fingerprint density at radius 2 is 1.64 bits per heavy atom. The molecule has 4 nitrogen and oxygen atoms in total. The average Bonchev–Trinajstić information content (AvgIpc) is 2.68. The van der Waals surface area contributed by atoms with Crippen LogP contribution in [0, 0.1) is 0 Å². The Kier molecular flexibility index (Phi) is 6.20. The first kappa shape index (κ1) is 17.6. The second kappa shape index (κ2) is 8.79. The number of benzene rings is 2. The number of ether oxygens (including phenoxy) is 2. The minimum absolute atomic E-state index is 0.0328. The quantitative estimate of drug-likeness (QED) is 0.812. The van der Waals surface area contributed by atoms with Crippen LogP contribution in [0.1, 0.15) is 23.5 Å². The smallest absolute Gasteiger partial charge is 0.223 e. The Labute approximate surface area is 149 Å². The van der Waals surface area contributed by atoms with Crippen molar-refractivity contribution in [3.05, 3.63) is 71.8 Å². The Balaban J connectivity index is 1.70. The summed E-state index contributed by atoms with van der Waals surface area (Å²) in [5.41, 5.74) is 2.32. The molecule has 132 valence electrons. The molecule has 2 aromatic rings. The molecule has 1 heterocycles. The normalized spacial score (nSPS) is 17.4. The van der Waals surface area contributed by atoms with Crippen LogP contribution in [0.5, 0.6) is 0 Å². The third-order valence-electron chi connectivity index (χ3n) is 4.57. The summed E-state index contributed by atoms with van der Waals surface area (Å²) in [6.07, 6.45) is 0.410. The largest absolute Gasteiger partial charge is 0.376 e. The maximum atomic E-state index is 12.8. The van der Waals surface area contributed by atoms with Gasteiger partial charge in [0.05, 0.1) is 25.9 Å². The van der Waals surface area contributed by atoms with Gasteiger partial charge in [-0.2, -0.15) is 0 Å². The Bertz CT molecular complexity index is 614. The summed E-state index contributed by atoms with van der Waals surface area (Å²) in [5.74, 6) is 0.174. The highest BCUT2D eigenvalue weighted by Crippen LogP contribution is 2.28. The lowest BCUT2D eigenvalue weighted by atomic mass is 9.88. The molecule has 4 heteroatoms. The second-order valence-corrected chi connectivity index (χ2v) is 6.42. The first-order chi connectivity index (χ1) is 12.2. The van der Waals surface area contributed by atoms with E-state index in [1.54, 1.807) is 4.90 Å². The summed E-state index contributed by atoms with van der Waals surface area (Å²) >= 11 is 0. The zero-order valence-corrected chi connectivity index (χ0v) is 14.6. The van der Waals surface area contributed by atoms with Gasteiger partial charge in [-0.25, -0.2) is 0 Å². The van der Waals surface area contributed by atoms with Crippen LogP contribution in [0.4, 0.5) is 0 Å². The van der Waals surface area contributed by atoms with Crippen LogP contribution in [-0.4, -0.2) is 50.3 Å². The van der Waals surface area contributed by atoms with Crippen molar-refractivity contribution in [3.63, 3.8) is 0 Å². The summed E-state index contributed by atoms with van der Waals surface area (Å²) < 4.78 is 11.1. The summed E-state index contributed by atoms with van der Waals surface area (Å²) in [4.78, 5) is 14.6. The van der Waals surface area contributed by atoms with Gasteiger partial charge >= 0.3 is 0 Å². The van der Waals surface area contributed by atoms with Crippen molar-refractivity contribution in [1.82, 2.24) is 4.90 Å². The van der Waals surface area contributed by atoms with E-state index in [0.29, 0.717) is 32.8 Å². The standard InChI is InChI=1S/C21H25NO3/c1-22(15-19-16-24-12-13-25-19)21(23)14-20(17-8-4-2-5-9-17)18-10-6-3-7-11-18/h2-11,19-20H,12-16H2,1H3/t19-/m1/s1. The molecule has 0 unspecified atom stereocenters. The Morgan fingerprint density at radius 3 is 2.16 bits per heavy atom. The highest BCUT2D eigenvalue weighted by atomic mass is 16.6. The number of carbonyl (C=O) groups excluding carboxylic acids is 1. The molecule has 1 aliphatic heterocycles. The van der Waals surface area contributed by atoms with Crippen LogP contribution in [0.3, 0.4) is 0 Å². The Morgan fingerprint density at radius 1 is 1.04 bits per heavy atom. The maximum Gasteiger partial charge on any atom is 0.223 e. The van der Waals surface area contributed by atoms with Crippen molar-refractivity contribution in [3.8, 4) is 0 Å². The van der Waals surface area contributed by atoms with Gasteiger partial charge in [0, 0.05) is 25.9 Å². The van der Waals surface area contributed by atoms with E-state index in [1.165, 1.54) is 0 Å². The van der Waals surface area contributed by atoms with E-state index in [0.717, 1.165) is 11.1 Å². The van der Waals surface area contributed by atoms with E-state index in [1.807, 2.05) is 43.4 Å². The number of carbonyl (C=O) groups is 1. The van der Waals surface area contributed by atoms with Crippen molar-refractivity contribution < 1.29 is 14.3 Å². The van der Waals surface area contributed by atoms with Crippen LogP contribution < -0.4 is 0 Å². The van der Waals surface area contributed by atoms with Gasteiger partial charge in [-0.1, -0.05) is 60.7 Å². The fourth-order valence-corrected chi connectivity index (χ4v) is 3.18. The van der Waals surface area contributed by atoms with Gasteiger partial charge in [0.1, 0.15) is 0 Å². The number of likely N-dealkylation sites (N-methyl/N-ethyl adjacent to an activating group) is 1. The molecule has 1 saturated heterocycles. The van der Waals surface area contributed by atoms with E-state index in [4.69, 9.17) is 9.47 Å². The molecule has 0 bridgehead atoms. The lowest BCUT2D eigenvalue weighted by molar-refractivity contribution is -0.136. The molecule has 0 aromatic heterocycles. The minimum atomic E-state index is -0.0328. The SMILES string of the molecule is CN(C[C@@H]1COCCO1)C(=O)CC(c1ccccc1)c1ccccc1.